The van der Waals surface area contributed by atoms with Crippen molar-refractivity contribution in [3.05, 3.63) is 58.7 Å². The lowest BCUT2D eigenvalue weighted by molar-refractivity contribution is 0.0928. The number of benzene rings is 1. The molecule has 1 fully saturated rings. The van der Waals surface area contributed by atoms with Gasteiger partial charge in [0.25, 0.3) is 5.91 Å². The number of hydrogen-bond acceptors (Lipinski definition) is 6. The molecule has 8 heteroatoms. The van der Waals surface area contributed by atoms with Gasteiger partial charge in [0, 0.05) is 29.8 Å². The Morgan fingerprint density at radius 3 is 2.68 bits per heavy atom. The summed E-state index contributed by atoms with van der Waals surface area (Å²) >= 11 is 0. The summed E-state index contributed by atoms with van der Waals surface area (Å²) in [6, 6.07) is 5.54. The molecular formula is C20H23FN4O3. The molecule has 0 bridgehead atoms. The van der Waals surface area contributed by atoms with Crippen LogP contribution < -0.4 is 16.4 Å². The predicted octanol–water partition coefficient (Wildman–Crippen LogP) is 1.27. The van der Waals surface area contributed by atoms with E-state index < -0.39 is 22.9 Å². The van der Waals surface area contributed by atoms with Crippen molar-refractivity contribution < 1.29 is 19.1 Å². The van der Waals surface area contributed by atoms with Crippen molar-refractivity contribution in [3.63, 3.8) is 0 Å². The number of aromatic hydroxyl groups is 1. The van der Waals surface area contributed by atoms with Crippen molar-refractivity contribution in [2.75, 3.05) is 13.1 Å². The van der Waals surface area contributed by atoms with E-state index in [4.69, 9.17) is 5.73 Å². The summed E-state index contributed by atoms with van der Waals surface area (Å²) in [4.78, 5) is 28.7. The molecular weight excluding hydrogens is 363 g/mol. The Hall–Kier alpha value is -2.84. The van der Waals surface area contributed by atoms with E-state index in [0.717, 1.165) is 25.6 Å². The topological polar surface area (TPSA) is 117 Å². The number of carbonyl (C=O) groups excluding carboxylic acids is 2. The lowest BCUT2D eigenvalue weighted by Crippen LogP contribution is -2.50. The molecule has 1 amide bonds. The minimum atomic E-state index is -0.859. The third-order valence-corrected chi connectivity index (χ3v) is 4.89. The van der Waals surface area contributed by atoms with Gasteiger partial charge in [0.05, 0.1) is 11.9 Å². The molecule has 2 heterocycles. The van der Waals surface area contributed by atoms with E-state index in [0.29, 0.717) is 12.1 Å². The number of nitrogens with zero attached hydrogens (tertiary/aromatic N) is 1. The van der Waals surface area contributed by atoms with Gasteiger partial charge in [0.1, 0.15) is 11.3 Å². The van der Waals surface area contributed by atoms with Crippen LogP contribution in [0.1, 0.15) is 44.8 Å². The van der Waals surface area contributed by atoms with Crippen LogP contribution in [0.15, 0.2) is 30.5 Å². The number of aromatic nitrogens is 1. The van der Waals surface area contributed by atoms with E-state index in [-0.39, 0.29) is 29.2 Å². The fraction of sp³-hybridized carbons (Fsp3) is 0.350. The van der Waals surface area contributed by atoms with E-state index in [1.807, 2.05) is 0 Å². The molecule has 2 atom stereocenters. The van der Waals surface area contributed by atoms with E-state index >= 15 is 0 Å². The number of amides is 1. The quantitative estimate of drug-likeness (QED) is 0.588. The van der Waals surface area contributed by atoms with E-state index in [9.17, 15) is 19.1 Å². The number of hydrogen-bond donors (Lipinski definition) is 4. The van der Waals surface area contributed by atoms with Gasteiger partial charge in [-0.25, -0.2) is 4.39 Å². The maximum Gasteiger partial charge on any atom is 0.251 e. The molecule has 1 aliphatic rings. The average Bonchev–Trinajstić information content (AvgIpc) is 2.89. The van der Waals surface area contributed by atoms with Gasteiger partial charge in [-0.1, -0.05) is 12.1 Å². The minimum Gasteiger partial charge on any atom is -0.505 e. The zero-order chi connectivity index (χ0) is 20.3. The van der Waals surface area contributed by atoms with Crippen molar-refractivity contribution in [2.45, 2.75) is 31.8 Å². The standard InChI is InChI=1S/C20H23FN4O3/c1-11-18(21)17(16(26)10-24-11)19(27)12-4-6-13(7-5-12)20(28)25-15-3-2-8-23-9-14(15)22/h4-7,10,14-15,23,26H,2-3,8-9,22H2,1H3,(H,25,28)/t14-,15-/m1/s1. The van der Waals surface area contributed by atoms with Gasteiger partial charge in [0.15, 0.2) is 11.6 Å². The average molecular weight is 386 g/mol. The maximum absolute atomic E-state index is 14.2. The number of nitrogens with two attached hydrogens (primary N) is 1. The molecule has 0 spiro atoms. The number of halogens is 1. The summed E-state index contributed by atoms with van der Waals surface area (Å²) < 4.78 is 14.2. The second-order valence-electron chi connectivity index (χ2n) is 6.91. The van der Waals surface area contributed by atoms with E-state index in [1.54, 1.807) is 0 Å². The molecule has 1 saturated heterocycles. The number of carbonyl (C=O) groups is 2. The highest BCUT2D eigenvalue weighted by atomic mass is 19.1. The molecule has 0 aliphatic carbocycles. The zero-order valence-electron chi connectivity index (χ0n) is 15.5. The highest BCUT2D eigenvalue weighted by Crippen LogP contribution is 2.24. The van der Waals surface area contributed by atoms with E-state index in [1.165, 1.54) is 31.2 Å². The molecule has 1 aromatic carbocycles. The second-order valence-corrected chi connectivity index (χ2v) is 6.91. The van der Waals surface area contributed by atoms with Crippen molar-refractivity contribution in [1.29, 1.82) is 0 Å². The SMILES string of the molecule is Cc1ncc(O)c(C(=O)c2ccc(C(=O)N[C@@H]3CCCNC[C@H]3N)cc2)c1F. The summed E-state index contributed by atoms with van der Waals surface area (Å²) in [6.45, 7) is 2.92. The molecule has 0 radical (unpaired) electrons. The summed E-state index contributed by atoms with van der Waals surface area (Å²) in [5, 5.41) is 16.0. The Kier molecular flexibility index (Phi) is 6.01. The Morgan fingerprint density at radius 1 is 1.29 bits per heavy atom. The van der Waals surface area contributed by atoms with Crippen LogP contribution in [0.3, 0.4) is 0 Å². The van der Waals surface area contributed by atoms with Crippen LogP contribution in [0.25, 0.3) is 0 Å². The van der Waals surface area contributed by atoms with Crippen LogP contribution in [0.2, 0.25) is 0 Å². The van der Waals surface area contributed by atoms with Gasteiger partial charge < -0.3 is 21.5 Å². The van der Waals surface area contributed by atoms with Gasteiger partial charge >= 0.3 is 0 Å². The molecule has 1 aromatic heterocycles. The molecule has 5 N–H and O–H groups in total. The van der Waals surface area contributed by atoms with Crippen molar-refractivity contribution >= 4 is 11.7 Å². The van der Waals surface area contributed by atoms with Gasteiger partial charge in [-0.15, -0.1) is 0 Å². The first kappa shape index (κ1) is 19.9. The summed E-state index contributed by atoms with van der Waals surface area (Å²) in [7, 11) is 0. The Bertz CT molecular complexity index is 886. The lowest BCUT2D eigenvalue weighted by atomic mass is 10.00. The highest BCUT2D eigenvalue weighted by Gasteiger charge is 2.24. The smallest absolute Gasteiger partial charge is 0.251 e. The fourth-order valence-corrected chi connectivity index (χ4v) is 3.21. The molecule has 148 valence electrons. The van der Waals surface area contributed by atoms with Crippen LogP contribution in [0.5, 0.6) is 5.75 Å². The maximum atomic E-state index is 14.2. The number of rotatable bonds is 4. The summed E-state index contributed by atoms with van der Waals surface area (Å²) in [6.07, 6.45) is 2.75. The van der Waals surface area contributed by atoms with E-state index in [2.05, 4.69) is 15.6 Å². The highest BCUT2D eigenvalue weighted by molar-refractivity contribution is 6.11. The Morgan fingerprint density at radius 2 is 1.96 bits per heavy atom. The Balaban J connectivity index is 1.75. The van der Waals surface area contributed by atoms with Crippen LogP contribution in [-0.2, 0) is 0 Å². The fourth-order valence-electron chi connectivity index (χ4n) is 3.21. The predicted molar refractivity (Wildman–Crippen MR) is 102 cm³/mol. The van der Waals surface area contributed by atoms with Crippen LogP contribution >= 0.6 is 0 Å². The molecule has 3 rings (SSSR count). The third kappa shape index (κ3) is 4.18. The number of nitrogens with one attached hydrogen (secondary N) is 2. The molecule has 0 saturated carbocycles. The normalized spacial score (nSPS) is 19.7. The van der Waals surface area contributed by atoms with Crippen LogP contribution in [-0.4, -0.2) is 47.0 Å². The first-order valence-electron chi connectivity index (χ1n) is 9.14. The summed E-state index contributed by atoms with van der Waals surface area (Å²) in [5.74, 6) is -2.34. The molecule has 1 aliphatic heterocycles. The number of pyridine rings is 1. The first-order valence-corrected chi connectivity index (χ1v) is 9.14. The largest absolute Gasteiger partial charge is 0.505 e. The Labute approximate surface area is 162 Å². The van der Waals surface area contributed by atoms with Crippen molar-refractivity contribution in [2.24, 2.45) is 5.73 Å². The minimum absolute atomic E-state index is 0.0198. The zero-order valence-corrected chi connectivity index (χ0v) is 15.5. The van der Waals surface area contributed by atoms with Crippen LogP contribution in [0, 0.1) is 12.7 Å². The lowest BCUT2D eigenvalue weighted by Gasteiger charge is -2.22. The molecule has 0 unspecified atom stereocenters. The second kappa shape index (κ2) is 8.45. The third-order valence-electron chi connectivity index (χ3n) is 4.89. The molecule has 7 nitrogen and oxygen atoms in total. The van der Waals surface area contributed by atoms with Gasteiger partial charge in [-0.3, -0.25) is 14.6 Å². The number of ketones is 1. The van der Waals surface area contributed by atoms with Gasteiger partial charge in [-0.05, 0) is 38.4 Å². The van der Waals surface area contributed by atoms with Crippen LogP contribution in [0.4, 0.5) is 4.39 Å². The van der Waals surface area contributed by atoms with Crippen molar-refractivity contribution in [1.82, 2.24) is 15.6 Å². The number of aryl methyl sites for hydroxylation is 1. The molecule has 28 heavy (non-hydrogen) atoms. The van der Waals surface area contributed by atoms with Gasteiger partial charge in [0.2, 0.25) is 0 Å². The van der Waals surface area contributed by atoms with Crippen molar-refractivity contribution in [3.8, 4) is 5.75 Å². The summed E-state index contributed by atoms with van der Waals surface area (Å²) in [5.41, 5.74) is 6.21. The molecule has 2 aromatic rings. The van der Waals surface area contributed by atoms with Gasteiger partial charge in [-0.2, -0.15) is 0 Å². The first-order chi connectivity index (χ1) is 13.4. The monoisotopic (exact) mass is 386 g/mol.